The Morgan fingerprint density at radius 2 is 1.59 bits per heavy atom. The van der Waals surface area contributed by atoms with Crippen molar-refractivity contribution in [3.63, 3.8) is 0 Å². The van der Waals surface area contributed by atoms with Crippen molar-refractivity contribution in [2.24, 2.45) is 4.99 Å². The average molecular weight is 462 g/mol. The fourth-order valence-corrected chi connectivity index (χ4v) is 4.50. The van der Waals surface area contributed by atoms with Crippen LogP contribution in [0.15, 0.2) is 77.9 Å². The highest BCUT2D eigenvalue weighted by atomic mass is 19.4. The van der Waals surface area contributed by atoms with Crippen molar-refractivity contribution >= 4 is 17.5 Å². The van der Waals surface area contributed by atoms with E-state index in [4.69, 9.17) is 0 Å². The number of anilines is 1. The molecule has 0 atom stereocenters. The van der Waals surface area contributed by atoms with Crippen LogP contribution < -0.4 is 5.32 Å². The molecule has 34 heavy (non-hydrogen) atoms. The Hall–Kier alpha value is -3.38. The summed E-state index contributed by atoms with van der Waals surface area (Å²) >= 11 is 0. The second-order valence-corrected chi connectivity index (χ2v) is 8.84. The zero-order valence-corrected chi connectivity index (χ0v) is 18.8. The van der Waals surface area contributed by atoms with Crippen LogP contribution in [0.3, 0.4) is 0 Å². The number of alkyl halides is 3. The monoisotopic (exact) mass is 461 g/mol. The summed E-state index contributed by atoms with van der Waals surface area (Å²) in [4.78, 5) is 6.94. The number of rotatable bonds is 5. The molecular formula is C28H26F3N3. The molecule has 3 aromatic rings. The maximum atomic E-state index is 12.9. The highest BCUT2D eigenvalue weighted by Crippen LogP contribution is 2.33. The number of hydrogen-bond donors (Lipinski definition) is 1. The van der Waals surface area contributed by atoms with Gasteiger partial charge in [-0.05, 0) is 89.7 Å². The third kappa shape index (κ3) is 5.07. The predicted octanol–water partition coefficient (Wildman–Crippen LogP) is 6.85. The van der Waals surface area contributed by atoms with E-state index in [0.717, 1.165) is 52.2 Å². The molecule has 5 rings (SSSR count). The van der Waals surface area contributed by atoms with Crippen molar-refractivity contribution in [2.75, 3.05) is 25.0 Å². The second kappa shape index (κ2) is 9.47. The molecule has 174 valence electrons. The minimum absolute atomic E-state index is 0.545. The van der Waals surface area contributed by atoms with Crippen LogP contribution in [-0.4, -0.2) is 30.7 Å². The molecule has 2 aliphatic rings. The average Bonchev–Trinajstić information content (AvgIpc) is 3.36. The Morgan fingerprint density at radius 3 is 2.29 bits per heavy atom. The van der Waals surface area contributed by atoms with E-state index in [1.165, 1.54) is 43.6 Å². The zero-order valence-electron chi connectivity index (χ0n) is 18.8. The Balaban J connectivity index is 1.33. The molecule has 2 aliphatic heterocycles. The van der Waals surface area contributed by atoms with Gasteiger partial charge < -0.3 is 5.32 Å². The first-order valence-corrected chi connectivity index (χ1v) is 11.5. The minimum atomic E-state index is -4.33. The minimum Gasteiger partial charge on any atom is -0.361 e. The van der Waals surface area contributed by atoms with Crippen molar-refractivity contribution < 1.29 is 13.2 Å². The summed E-state index contributed by atoms with van der Waals surface area (Å²) in [5.74, 6) is 0. The highest BCUT2D eigenvalue weighted by Gasteiger charge is 2.30. The van der Waals surface area contributed by atoms with Gasteiger partial charge in [-0.15, -0.1) is 0 Å². The molecule has 0 aromatic heterocycles. The van der Waals surface area contributed by atoms with E-state index in [1.54, 1.807) is 0 Å². The van der Waals surface area contributed by atoms with E-state index in [9.17, 15) is 13.2 Å². The van der Waals surface area contributed by atoms with Gasteiger partial charge in [0.15, 0.2) is 0 Å². The third-order valence-electron chi connectivity index (χ3n) is 6.41. The molecule has 3 nitrogen and oxygen atoms in total. The molecule has 2 heterocycles. The van der Waals surface area contributed by atoms with Gasteiger partial charge in [-0.1, -0.05) is 36.4 Å². The maximum Gasteiger partial charge on any atom is 0.416 e. The summed E-state index contributed by atoms with van der Waals surface area (Å²) < 4.78 is 38.7. The highest BCUT2D eigenvalue weighted by molar-refractivity contribution is 5.94. The van der Waals surface area contributed by atoms with Crippen molar-refractivity contribution in [1.82, 2.24) is 4.90 Å². The van der Waals surface area contributed by atoms with Crippen LogP contribution in [-0.2, 0) is 12.7 Å². The third-order valence-corrected chi connectivity index (χ3v) is 6.41. The van der Waals surface area contributed by atoms with Crippen LogP contribution in [0.4, 0.5) is 18.9 Å². The number of hydrogen-bond acceptors (Lipinski definition) is 3. The van der Waals surface area contributed by atoms with Crippen LogP contribution in [0.5, 0.6) is 0 Å². The Bertz CT molecular complexity index is 1200. The fraction of sp³-hybridized carbons (Fsp3) is 0.250. The number of nitrogens with one attached hydrogen (secondary N) is 1. The second-order valence-electron chi connectivity index (χ2n) is 8.84. The molecule has 0 radical (unpaired) electrons. The molecule has 0 spiro atoms. The van der Waals surface area contributed by atoms with Crippen molar-refractivity contribution in [2.45, 2.75) is 25.6 Å². The van der Waals surface area contributed by atoms with Gasteiger partial charge in [-0.3, -0.25) is 9.89 Å². The first-order valence-electron chi connectivity index (χ1n) is 11.5. The summed E-state index contributed by atoms with van der Waals surface area (Å²) in [6.45, 7) is 3.90. The van der Waals surface area contributed by atoms with E-state index in [2.05, 4.69) is 39.5 Å². The van der Waals surface area contributed by atoms with E-state index in [1.807, 2.05) is 30.6 Å². The summed E-state index contributed by atoms with van der Waals surface area (Å²) in [5, 5.41) is 3.38. The van der Waals surface area contributed by atoms with Gasteiger partial charge >= 0.3 is 6.18 Å². The molecule has 0 amide bonds. The lowest BCUT2D eigenvalue weighted by molar-refractivity contribution is -0.137. The van der Waals surface area contributed by atoms with Crippen LogP contribution in [0.1, 0.15) is 35.1 Å². The standard InChI is InChI=1S/C28H26F3N3/c29-28(30,31)25-9-7-21(8-10-25)22-5-6-23-16-32-17-24(27(23)15-22)18-33-26-11-3-20(4-12-26)19-34-13-1-2-14-34/h3-12,15-16,18,33H,1-2,13-14,17,19H2/b24-18+. The molecule has 3 aromatic carbocycles. The van der Waals surface area contributed by atoms with Gasteiger partial charge in [0, 0.05) is 24.6 Å². The van der Waals surface area contributed by atoms with Gasteiger partial charge in [0.2, 0.25) is 0 Å². The number of aliphatic imine (C=N–C) groups is 1. The molecule has 1 fully saturated rings. The molecule has 0 bridgehead atoms. The Morgan fingerprint density at radius 1 is 0.882 bits per heavy atom. The normalized spacial score (nSPS) is 17.2. The molecule has 0 unspecified atom stereocenters. The smallest absolute Gasteiger partial charge is 0.361 e. The van der Waals surface area contributed by atoms with Gasteiger partial charge in [0.25, 0.3) is 0 Å². The summed E-state index contributed by atoms with van der Waals surface area (Å²) in [6.07, 6.45) is 2.06. The summed E-state index contributed by atoms with van der Waals surface area (Å²) in [6, 6.07) is 19.7. The van der Waals surface area contributed by atoms with Gasteiger partial charge in [-0.2, -0.15) is 13.2 Å². The lowest BCUT2D eigenvalue weighted by Crippen LogP contribution is -2.18. The summed E-state index contributed by atoms with van der Waals surface area (Å²) in [7, 11) is 0. The molecule has 0 saturated carbocycles. The Kier molecular flexibility index (Phi) is 6.24. The van der Waals surface area contributed by atoms with Crippen LogP contribution in [0.2, 0.25) is 0 Å². The Labute approximate surface area is 197 Å². The molecule has 1 saturated heterocycles. The molecular weight excluding hydrogens is 435 g/mol. The molecule has 1 N–H and O–H groups in total. The summed E-state index contributed by atoms with van der Waals surface area (Å²) in [5.41, 5.74) is 6.37. The zero-order chi connectivity index (χ0) is 23.5. The molecule has 6 heteroatoms. The number of likely N-dealkylation sites (tertiary alicyclic amines) is 1. The SMILES string of the molecule is FC(F)(F)c1ccc(-c2ccc3c(c2)/C(=C/Nc2ccc(CN4CCCC4)cc2)CN=C3)cc1. The van der Waals surface area contributed by atoms with Crippen molar-refractivity contribution in [3.8, 4) is 11.1 Å². The maximum absolute atomic E-state index is 12.9. The molecule has 0 aliphatic carbocycles. The first kappa shape index (κ1) is 22.4. The number of halogens is 3. The predicted molar refractivity (Wildman–Crippen MR) is 132 cm³/mol. The quantitative estimate of drug-likeness (QED) is 0.450. The number of nitrogens with zero attached hydrogens (tertiary/aromatic N) is 2. The van der Waals surface area contributed by atoms with Crippen molar-refractivity contribution in [3.05, 3.63) is 95.2 Å². The van der Waals surface area contributed by atoms with E-state index >= 15 is 0 Å². The van der Waals surface area contributed by atoms with Crippen LogP contribution in [0.25, 0.3) is 16.7 Å². The first-order chi connectivity index (χ1) is 16.5. The lowest BCUT2D eigenvalue weighted by Gasteiger charge is -2.17. The fourth-order valence-electron chi connectivity index (χ4n) is 4.50. The number of fused-ring (bicyclic) bond motifs is 1. The van der Waals surface area contributed by atoms with E-state index in [0.29, 0.717) is 6.54 Å². The number of benzene rings is 3. The van der Waals surface area contributed by atoms with Crippen LogP contribution >= 0.6 is 0 Å². The van der Waals surface area contributed by atoms with Gasteiger partial charge in [0.05, 0.1) is 12.1 Å². The largest absolute Gasteiger partial charge is 0.416 e. The topological polar surface area (TPSA) is 27.6 Å². The van der Waals surface area contributed by atoms with E-state index < -0.39 is 11.7 Å². The van der Waals surface area contributed by atoms with Gasteiger partial charge in [-0.25, -0.2) is 0 Å². The van der Waals surface area contributed by atoms with Gasteiger partial charge in [0.1, 0.15) is 0 Å². The van der Waals surface area contributed by atoms with E-state index in [-0.39, 0.29) is 0 Å². The lowest BCUT2D eigenvalue weighted by atomic mass is 9.93. The van der Waals surface area contributed by atoms with Crippen molar-refractivity contribution in [1.29, 1.82) is 0 Å². The van der Waals surface area contributed by atoms with Crippen LogP contribution in [0, 0.1) is 0 Å².